The lowest BCUT2D eigenvalue weighted by Crippen LogP contribution is -2.21. The van der Waals surface area contributed by atoms with Crippen LogP contribution < -0.4 is 5.32 Å². The Bertz CT molecular complexity index is 553. The van der Waals surface area contributed by atoms with Crippen molar-refractivity contribution in [3.8, 4) is 0 Å². The van der Waals surface area contributed by atoms with E-state index in [0.717, 1.165) is 33.7 Å². The van der Waals surface area contributed by atoms with Crippen LogP contribution in [0.5, 0.6) is 0 Å². The fraction of sp³-hybridized carbons (Fsp3) is 0.357. The molecule has 1 aromatic heterocycles. The molecule has 0 amide bonds. The highest BCUT2D eigenvalue weighted by atomic mass is 79.9. The van der Waals surface area contributed by atoms with Crippen molar-refractivity contribution in [2.75, 3.05) is 7.05 Å². The molecule has 0 aliphatic rings. The van der Waals surface area contributed by atoms with Crippen molar-refractivity contribution < 1.29 is 0 Å². The molecule has 1 atom stereocenters. The topological polar surface area (TPSA) is 29.9 Å². The summed E-state index contributed by atoms with van der Waals surface area (Å²) in [6.07, 6.45) is 2.90. The minimum absolute atomic E-state index is 0.0969. The molecule has 5 heteroatoms. The average Bonchev–Trinajstić information content (AvgIpc) is 2.83. The van der Waals surface area contributed by atoms with Gasteiger partial charge in [0.2, 0.25) is 0 Å². The molecule has 19 heavy (non-hydrogen) atoms. The van der Waals surface area contributed by atoms with Gasteiger partial charge in [-0.3, -0.25) is 4.68 Å². The lowest BCUT2D eigenvalue weighted by atomic mass is 10.0. The Morgan fingerprint density at radius 3 is 2.84 bits per heavy atom. The van der Waals surface area contributed by atoms with Gasteiger partial charge in [-0.25, -0.2) is 0 Å². The summed E-state index contributed by atoms with van der Waals surface area (Å²) >= 11 is 9.60. The van der Waals surface area contributed by atoms with E-state index in [9.17, 15) is 0 Å². The highest BCUT2D eigenvalue weighted by Gasteiger charge is 2.17. The Labute approximate surface area is 127 Å². The largest absolute Gasteiger partial charge is 0.308 e. The van der Waals surface area contributed by atoms with E-state index in [0.29, 0.717) is 0 Å². The summed E-state index contributed by atoms with van der Waals surface area (Å²) in [5, 5.41) is 8.43. The number of rotatable bonds is 5. The number of aryl methyl sites for hydroxylation is 1. The molecule has 1 aromatic carbocycles. The normalized spacial score (nSPS) is 12.6. The van der Waals surface area contributed by atoms with Crippen LogP contribution in [0.1, 0.15) is 30.6 Å². The first-order valence-electron chi connectivity index (χ1n) is 6.31. The lowest BCUT2D eigenvalue weighted by Gasteiger charge is -2.19. The van der Waals surface area contributed by atoms with Crippen molar-refractivity contribution in [2.45, 2.75) is 25.9 Å². The first-order valence-corrected chi connectivity index (χ1v) is 7.48. The maximum absolute atomic E-state index is 6.18. The number of halogens is 2. The van der Waals surface area contributed by atoms with E-state index in [1.54, 1.807) is 0 Å². The Balaban J connectivity index is 2.38. The molecule has 3 nitrogen and oxygen atoms in total. The van der Waals surface area contributed by atoms with Crippen molar-refractivity contribution in [3.05, 3.63) is 51.2 Å². The number of aromatic nitrogens is 2. The van der Waals surface area contributed by atoms with Gasteiger partial charge in [0.1, 0.15) is 0 Å². The van der Waals surface area contributed by atoms with Crippen LogP contribution in [-0.4, -0.2) is 16.8 Å². The van der Waals surface area contributed by atoms with Gasteiger partial charge in [0, 0.05) is 17.2 Å². The number of nitrogens with one attached hydrogen (secondary N) is 1. The van der Waals surface area contributed by atoms with Crippen LogP contribution in [0, 0.1) is 0 Å². The molecule has 0 bridgehead atoms. The molecule has 0 fully saturated rings. The Kier molecular flexibility index (Phi) is 5.02. The van der Waals surface area contributed by atoms with Gasteiger partial charge in [-0.15, -0.1) is 0 Å². The predicted molar refractivity (Wildman–Crippen MR) is 82.6 cm³/mol. The maximum Gasteiger partial charge on any atom is 0.0746 e. The Morgan fingerprint density at radius 1 is 1.42 bits per heavy atom. The third-order valence-corrected chi connectivity index (χ3v) is 4.28. The van der Waals surface area contributed by atoms with E-state index < -0.39 is 0 Å². The minimum Gasteiger partial charge on any atom is -0.308 e. The molecule has 1 unspecified atom stereocenters. The summed E-state index contributed by atoms with van der Waals surface area (Å²) < 4.78 is 2.95. The molecule has 0 aliphatic carbocycles. The molecule has 2 aromatic rings. The molecule has 2 rings (SSSR count). The van der Waals surface area contributed by atoms with Crippen molar-refractivity contribution in [1.82, 2.24) is 15.1 Å². The molecular weight excluding hydrogens is 326 g/mol. The zero-order valence-corrected chi connectivity index (χ0v) is 13.4. The molecular formula is C14H17BrClN3. The van der Waals surface area contributed by atoms with E-state index in [4.69, 9.17) is 11.6 Å². The van der Waals surface area contributed by atoms with Gasteiger partial charge in [-0.2, -0.15) is 5.10 Å². The maximum atomic E-state index is 6.18. The van der Waals surface area contributed by atoms with Crippen molar-refractivity contribution in [2.24, 2.45) is 0 Å². The number of nitrogens with zero attached hydrogens (tertiary/aromatic N) is 2. The van der Waals surface area contributed by atoms with E-state index in [2.05, 4.69) is 39.3 Å². The summed E-state index contributed by atoms with van der Waals surface area (Å²) in [6.45, 7) is 3.07. The fourth-order valence-corrected chi connectivity index (χ4v) is 2.60. The summed E-state index contributed by atoms with van der Waals surface area (Å²) in [6, 6.07) is 8.17. The summed E-state index contributed by atoms with van der Waals surface area (Å²) in [4.78, 5) is 0. The number of hydrogen-bond donors (Lipinski definition) is 1. The summed E-state index contributed by atoms with van der Waals surface area (Å²) in [5.74, 6) is 0. The highest BCUT2D eigenvalue weighted by Crippen LogP contribution is 2.28. The van der Waals surface area contributed by atoms with Crippen LogP contribution in [0.4, 0.5) is 0 Å². The zero-order chi connectivity index (χ0) is 13.8. The van der Waals surface area contributed by atoms with Crippen LogP contribution in [0.3, 0.4) is 0 Å². The van der Waals surface area contributed by atoms with Crippen LogP contribution in [-0.2, 0) is 6.54 Å². The molecule has 1 heterocycles. The van der Waals surface area contributed by atoms with Crippen LogP contribution in [0.15, 0.2) is 34.9 Å². The van der Waals surface area contributed by atoms with Crippen LogP contribution >= 0.6 is 27.5 Å². The van der Waals surface area contributed by atoms with E-state index in [1.165, 1.54) is 0 Å². The van der Waals surface area contributed by atoms with Gasteiger partial charge in [0.05, 0.1) is 16.8 Å². The average molecular weight is 343 g/mol. The molecule has 0 spiro atoms. The second kappa shape index (κ2) is 6.55. The summed E-state index contributed by atoms with van der Waals surface area (Å²) in [7, 11) is 1.95. The predicted octanol–water partition coefficient (Wildman–Crippen LogP) is 4.02. The second-order valence-electron chi connectivity index (χ2n) is 4.37. The molecule has 0 aliphatic heterocycles. The number of benzene rings is 1. The fourth-order valence-electron chi connectivity index (χ4n) is 2.16. The Hall–Kier alpha value is -0.840. The SMILES string of the molecule is CCCn1nccc1C(NC)c1ccc(Br)c(Cl)c1. The molecule has 0 radical (unpaired) electrons. The highest BCUT2D eigenvalue weighted by molar-refractivity contribution is 9.10. The van der Waals surface area contributed by atoms with Crippen molar-refractivity contribution >= 4 is 27.5 Å². The van der Waals surface area contributed by atoms with Crippen molar-refractivity contribution in [1.29, 1.82) is 0 Å². The van der Waals surface area contributed by atoms with E-state index in [-0.39, 0.29) is 6.04 Å². The third kappa shape index (κ3) is 3.19. The quantitative estimate of drug-likeness (QED) is 0.889. The third-order valence-electron chi connectivity index (χ3n) is 3.05. The van der Waals surface area contributed by atoms with Gasteiger partial charge in [-0.05, 0) is 53.2 Å². The minimum atomic E-state index is 0.0969. The smallest absolute Gasteiger partial charge is 0.0746 e. The van der Waals surface area contributed by atoms with Crippen LogP contribution in [0.25, 0.3) is 0 Å². The lowest BCUT2D eigenvalue weighted by molar-refractivity contribution is 0.534. The zero-order valence-electron chi connectivity index (χ0n) is 11.0. The molecule has 102 valence electrons. The van der Waals surface area contributed by atoms with Gasteiger partial charge >= 0.3 is 0 Å². The van der Waals surface area contributed by atoms with E-state index >= 15 is 0 Å². The second-order valence-corrected chi connectivity index (χ2v) is 5.64. The first kappa shape index (κ1) is 14.6. The molecule has 0 saturated carbocycles. The standard InChI is InChI=1S/C14H17BrClN3/c1-3-8-19-13(6-7-18-19)14(17-2)10-4-5-11(15)12(16)9-10/h4-7,9,14,17H,3,8H2,1-2H3. The van der Waals surface area contributed by atoms with Crippen molar-refractivity contribution in [3.63, 3.8) is 0 Å². The van der Waals surface area contributed by atoms with Crippen LogP contribution in [0.2, 0.25) is 5.02 Å². The van der Waals surface area contributed by atoms with Gasteiger partial charge in [-0.1, -0.05) is 24.6 Å². The first-order chi connectivity index (χ1) is 9.17. The van der Waals surface area contributed by atoms with Gasteiger partial charge in [0.15, 0.2) is 0 Å². The monoisotopic (exact) mass is 341 g/mol. The summed E-state index contributed by atoms with van der Waals surface area (Å²) in [5.41, 5.74) is 2.29. The molecule has 0 saturated heterocycles. The van der Waals surface area contributed by atoms with Gasteiger partial charge in [0.25, 0.3) is 0 Å². The van der Waals surface area contributed by atoms with E-state index in [1.807, 2.05) is 36.1 Å². The Morgan fingerprint density at radius 2 is 2.21 bits per heavy atom. The number of hydrogen-bond acceptors (Lipinski definition) is 2. The molecule has 1 N–H and O–H groups in total. The van der Waals surface area contributed by atoms with Gasteiger partial charge < -0.3 is 5.32 Å².